The summed E-state index contributed by atoms with van der Waals surface area (Å²) in [5.74, 6) is 0. The van der Waals surface area contributed by atoms with Crippen LogP contribution in [0.5, 0.6) is 0 Å². The Kier molecular flexibility index (Phi) is 4.87. The van der Waals surface area contributed by atoms with E-state index in [0.717, 1.165) is 37.9 Å². The Morgan fingerprint density at radius 2 is 2.00 bits per heavy atom. The zero-order chi connectivity index (χ0) is 16.4. The number of carbonyl (C=O) groups is 1. The van der Waals surface area contributed by atoms with Crippen LogP contribution in [-0.2, 0) is 11.2 Å². The molecule has 3 N–H and O–H groups in total. The number of carbonyl (C=O) groups excluding carboxylic acids is 1. The van der Waals surface area contributed by atoms with Gasteiger partial charge in [-0.2, -0.15) is 0 Å². The molecule has 126 valence electrons. The normalized spacial score (nSPS) is 24.8. The van der Waals surface area contributed by atoms with Crippen molar-refractivity contribution >= 4 is 6.03 Å². The van der Waals surface area contributed by atoms with Crippen LogP contribution in [0.25, 0.3) is 0 Å². The quantitative estimate of drug-likeness (QED) is 0.898. The van der Waals surface area contributed by atoms with Gasteiger partial charge in [-0.15, -0.1) is 0 Å². The van der Waals surface area contributed by atoms with Crippen LogP contribution in [-0.4, -0.2) is 42.3 Å². The molecule has 1 aliphatic heterocycles. The fourth-order valence-electron chi connectivity index (χ4n) is 3.60. The molecule has 23 heavy (non-hydrogen) atoms. The summed E-state index contributed by atoms with van der Waals surface area (Å²) in [7, 11) is 0. The summed E-state index contributed by atoms with van der Waals surface area (Å²) in [6, 6.07) is 8.05. The van der Waals surface area contributed by atoms with Gasteiger partial charge in [0.1, 0.15) is 0 Å². The Morgan fingerprint density at radius 3 is 2.65 bits per heavy atom. The maximum Gasteiger partial charge on any atom is 0.317 e. The Morgan fingerprint density at radius 1 is 1.30 bits per heavy atom. The highest BCUT2D eigenvalue weighted by Crippen LogP contribution is 2.29. The second-order valence-corrected chi connectivity index (χ2v) is 6.86. The highest BCUT2D eigenvalue weighted by atomic mass is 16.5. The third-order valence-electron chi connectivity index (χ3n) is 4.79. The molecule has 3 rings (SSSR count). The molecule has 5 nitrogen and oxygen atoms in total. The maximum absolute atomic E-state index is 12.5. The number of hydrogen-bond acceptors (Lipinski definition) is 3. The molecule has 5 heteroatoms. The molecule has 2 aliphatic rings. The number of nitrogens with zero attached hydrogens (tertiary/aromatic N) is 1. The van der Waals surface area contributed by atoms with Gasteiger partial charge in [-0.1, -0.05) is 24.3 Å². The molecule has 0 aromatic heterocycles. The number of ether oxygens (including phenoxy) is 1. The van der Waals surface area contributed by atoms with E-state index < -0.39 is 0 Å². The molecule has 1 aliphatic carbocycles. The van der Waals surface area contributed by atoms with Crippen molar-refractivity contribution in [3.8, 4) is 0 Å². The standard InChI is InChI=1S/C18H27N3O2/c1-12(2)23-14-7-9-21(10-8-14)18(22)20-16-11-13-5-3-4-6-15(13)17(16)19/h3-6,12,14,16-17H,7-11,19H2,1-2H3,(H,20,22)/t16-,17-/m1/s1. The molecule has 2 atom stereocenters. The number of fused-ring (bicyclic) bond motifs is 1. The fraction of sp³-hybridized carbons (Fsp3) is 0.611. The van der Waals surface area contributed by atoms with E-state index in [-0.39, 0.29) is 30.3 Å². The third-order valence-corrected chi connectivity index (χ3v) is 4.79. The van der Waals surface area contributed by atoms with E-state index in [1.54, 1.807) is 0 Å². The van der Waals surface area contributed by atoms with E-state index in [0.29, 0.717) is 0 Å². The summed E-state index contributed by atoms with van der Waals surface area (Å²) in [6.07, 6.45) is 3.15. The van der Waals surface area contributed by atoms with E-state index in [4.69, 9.17) is 10.5 Å². The largest absolute Gasteiger partial charge is 0.375 e. The van der Waals surface area contributed by atoms with Crippen LogP contribution in [0.2, 0.25) is 0 Å². The minimum absolute atomic E-state index is 0.00116. The molecule has 0 spiro atoms. The molecular formula is C18H27N3O2. The summed E-state index contributed by atoms with van der Waals surface area (Å²) >= 11 is 0. The SMILES string of the molecule is CC(C)OC1CCN(C(=O)N[C@@H]2Cc3ccccc3[C@H]2N)CC1. The van der Waals surface area contributed by atoms with Gasteiger partial charge in [0.15, 0.2) is 0 Å². The molecule has 2 amide bonds. The molecule has 1 saturated heterocycles. The van der Waals surface area contributed by atoms with E-state index in [1.165, 1.54) is 5.56 Å². The van der Waals surface area contributed by atoms with Crippen molar-refractivity contribution in [2.45, 2.75) is 57.4 Å². The smallest absolute Gasteiger partial charge is 0.317 e. The zero-order valence-electron chi connectivity index (χ0n) is 14.0. The topological polar surface area (TPSA) is 67.6 Å². The van der Waals surface area contributed by atoms with Crippen molar-refractivity contribution in [1.82, 2.24) is 10.2 Å². The predicted octanol–water partition coefficient (Wildman–Crippen LogP) is 2.21. The number of nitrogens with one attached hydrogen (secondary N) is 1. The van der Waals surface area contributed by atoms with Gasteiger partial charge in [0.05, 0.1) is 24.3 Å². The minimum atomic E-state index is -0.114. The van der Waals surface area contributed by atoms with E-state index in [2.05, 4.69) is 31.3 Å². The van der Waals surface area contributed by atoms with E-state index in [1.807, 2.05) is 17.0 Å². The lowest BCUT2D eigenvalue weighted by atomic mass is 10.1. The van der Waals surface area contributed by atoms with Crippen LogP contribution in [0.15, 0.2) is 24.3 Å². The molecule has 1 aromatic rings. The lowest BCUT2D eigenvalue weighted by Gasteiger charge is -2.34. The van der Waals surface area contributed by atoms with Gasteiger partial charge in [-0.3, -0.25) is 0 Å². The molecule has 0 radical (unpaired) electrons. The number of urea groups is 1. The Hall–Kier alpha value is -1.59. The lowest BCUT2D eigenvalue weighted by Crippen LogP contribution is -2.50. The van der Waals surface area contributed by atoms with Gasteiger partial charge >= 0.3 is 6.03 Å². The summed E-state index contributed by atoms with van der Waals surface area (Å²) < 4.78 is 5.83. The van der Waals surface area contributed by atoms with Crippen LogP contribution in [0, 0.1) is 0 Å². The van der Waals surface area contributed by atoms with Crippen molar-refractivity contribution in [2.75, 3.05) is 13.1 Å². The first-order valence-corrected chi connectivity index (χ1v) is 8.59. The number of piperidine rings is 1. The molecular weight excluding hydrogens is 290 g/mol. The summed E-state index contributed by atoms with van der Waals surface area (Å²) in [4.78, 5) is 14.4. The Labute approximate surface area is 138 Å². The van der Waals surface area contributed by atoms with Crippen molar-refractivity contribution in [2.24, 2.45) is 5.73 Å². The predicted molar refractivity (Wildman–Crippen MR) is 90.2 cm³/mol. The van der Waals surface area contributed by atoms with Gasteiger partial charge in [0.2, 0.25) is 0 Å². The second-order valence-electron chi connectivity index (χ2n) is 6.86. The van der Waals surface area contributed by atoms with Crippen molar-refractivity contribution in [3.05, 3.63) is 35.4 Å². The van der Waals surface area contributed by atoms with Gasteiger partial charge in [0, 0.05) is 13.1 Å². The van der Waals surface area contributed by atoms with Crippen LogP contribution >= 0.6 is 0 Å². The summed E-state index contributed by atoms with van der Waals surface area (Å²) in [6.45, 7) is 5.60. The summed E-state index contributed by atoms with van der Waals surface area (Å²) in [5.41, 5.74) is 8.69. The van der Waals surface area contributed by atoms with Gasteiger partial charge < -0.3 is 20.7 Å². The van der Waals surface area contributed by atoms with Gasteiger partial charge in [-0.05, 0) is 44.2 Å². The highest BCUT2D eigenvalue weighted by molar-refractivity contribution is 5.75. The van der Waals surface area contributed by atoms with Crippen LogP contribution in [0.4, 0.5) is 4.79 Å². The maximum atomic E-state index is 12.5. The first kappa shape index (κ1) is 16.3. The molecule has 0 saturated carbocycles. The average Bonchev–Trinajstić information content (AvgIpc) is 2.84. The number of benzene rings is 1. The van der Waals surface area contributed by atoms with Gasteiger partial charge in [0.25, 0.3) is 0 Å². The van der Waals surface area contributed by atoms with E-state index >= 15 is 0 Å². The van der Waals surface area contributed by atoms with Crippen molar-refractivity contribution in [1.29, 1.82) is 0 Å². The Bertz CT molecular complexity index is 553. The lowest BCUT2D eigenvalue weighted by molar-refractivity contribution is -0.0211. The highest BCUT2D eigenvalue weighted by Gasteiger charge is 2.32. The van der Waals surface area contributed by atoms with Crippen molar-refractivity contribution in [3.63, 3.8) is 0 Å². The second kappa shape index (κ2) is 6.89. The fourth-order valence-corrected chi connectivity index (χ4v) is 3.60. The van der Waals surface area contributed by atoms with E-state index in [9.17, 15) is 4.79 Å². The monoisotopic (exact) mass is 317 g/mol. The first-order valence-electron chi connectivity index (χ1n) is 8.59. The van der Waals surface area contributed by atoms with Crippen LogP contribution < -0.4 is 11.1 Å². The molecule has 1 heterocycles. The third kappa shape index (κ3) is 3.67. The number of rotatable bonds is 3. The molecule has 1 fully saturated rings. The minimum Gasteiger partial charge on any atom is -0.375 e. The molecule has 1 aromatic carbocycles. The number of amides is 2. The van der Waals surface area contributed by atoms with Crippen molar-refractivity contribution < 1.29 is 9.53 Å². The molecule has 0 unspecified atom stereocenters. The Balaban J connectivity index is 1.51. The van der Waals surface area contributed by atoms with Crippen LogP contribution in [0.1, 0.15) is 43.9 Å². The average molecular weight is 317 g/mol. The van der Waals surface area contributed by atoms with Crippen LogP contribution in [0.3, 0.4) is 0 Å². The first-order chi connectivity index (χ1) is 11.0. The number of hydrogen-bond donors (Lipinski definition) is 2. The summed E-state index contributed by atoms with van der Waals surface area (Å²) in [5, 5.41) is 3.12. The molecule has 0 bridgehead atoms. The van der Waals surface area contributed by atoms with Gasteiger partial charge in [-0.25, -0.2) is 4.79 Å². The number of nitrogens with two attached hydrogens (primary N) is 1. The zero-order valence-corrected chi connectivity index (χ0v) is 14.0. The number of likely N-dealkylation sites (tertiary alicyclic amines) is 1.